The number of aliphatic hydroxyl groups is 1. The van der Waals surface area contributed by atoms with Crippen molar-refractivity contribution in [2.75, 3.05) is 0 Å². The van der Waals surface area contributed by atoms with Crippen LogP contribution in [0.1, 0.15) is 22.9 Å². The predicted octanol–water partition coefficient (Wildman–Crippen LogP) is 1.21. The van der Waals surface area contributed by atoms with Crippen molar-refractivity contribution in [3.8, 4) is 0 Å². The first-order chi connectivity index (χ1) is 10.6. The Kier molecular flexibility index (Phi) is 3.63. The predicted molar refractivity (Wildman–Crippen MR) is 71.0 cm³/mol. The second kappa shape index (κ2) is 5.60. The molecule has 0 saturated heterocycles. The smallest absolute Gasteiger partial charge is 0.319 e. The summed E-state index contributed by atoms with van der Waals surface area (Å²) >= 11 is 0. The van der Waals surface area contributed by atoms with Crippen LogP contribution in [-0.2, 0) is 5.92 Å². The van der Waals surface area contributed by atoms with Gasteiger partial charge in [0.2, 0.25) is 0 Å². The van der Waals surface area contributed by atoms with Gasteiger partial charge < -0.3 is 5.11 Å². The van der Waals surface area contributed by atoms with Crippen LogP contribution in [0, 0.1) is 0 Å². The highest BCUT2D eigenvalue weighted by molar-refractivity contribution is 5.30. The number of hydrogen-bond donors (Lipinski definition) is 3. The molecular weight excluding hydrogens is 294 g/mol. The lowest BCUT2D eigenvalue weighted by atomic mass is 9.86. The summed E-state index contributed by atoms with van der Waals surface area (Å²) in [6.07, 6.45) is 0.110. The third kappa shape index (κ3) is 2.46. The molecule has 3 aromatic rings. The van der Waals surface area contributed by atoms with Crippen molar-refractivity contribution >= 4 is 0 Å². The zero-order valence-corrected chi connectivity index (χ0v) is 11.2. The number of nitrogens with zero attached hydrogens (tertiary/aromatic N) is 4. The van der Waals surface area contributed by atoms with E-state index in [1.54, 1.807) is 30.3 Å². The summed E-state index contributed by atoms with van der Waals surface area (Å²) in [6.45, 7) is 0. The molecule has 0 radical (unpaired) electrons. The van der Waals surface area contributed by atoms with E-state index in [4.69, 9.17) is 0 Å². The fraction of sp³-hybridized carbons (Fsp3) is 0.231. The maximum Gasteiger partial charge on any atom is 0.319 e. The zero-order valence-electron chi connectivity index (χ0n) is 11.2. The van der Waals surface area contributed by atoms with Crippen molar-refractivity contribution in [3.05, 3.63) is 59.7 Å². The largest absolute Gasteiger partial charge is 0.385 e. The van der Waals surface area contributed by atoms with Gasteiger partial charge in [-0.05, 0) is 5.56 Å². The maximum atomic E-state index is 14.5. The van der Waals surface area contributed by atoms with Crippen LogP contribution in [0.5, 0.6) is 0 Å². The van der Waals surface area contributed by atoms with E-state index in [2.05, 4.69) is 30.8 Å². The van der Waals surface area contributed by atoms with Gasteiger partial charge >= 0.3 is 5.92 Å². The summed E-state index contributed by atoms with van der Waals surface area (Å²) in [4.78, 5) is 0. The highest BCUT2D eigenvalue weighted by Gasteiger charge is 2.48. The molecule has 9 heteroatoms. The quantitative estimate of drug-likeness (QED) is 0.657. The highest BCUT2D eigenvalue weighted by Crippen LogP contribution is 2.39. The van der Waals surface area contributed by atoms with Gasteiger partial charge in [0.25, 0.3) is 0 Å². The lowest BCUT2D eigenvalue weighted by molar-refractivity contribution is -0.124. The van der Waals surface area contributed by atoms with E-state index in [-0.39, 0.29) is 5.69 Å². The monoisotopic (exact) mass is 306 g/mol. The molecule has 3 rings (SSSR count). The second-order valence-electron chi connectivity index (χ2n) is 4.71. The van der Waals surface area contributed by atoms with Gasteiger partial charge in [0.1, 0.15) is 6.10 Å². The minimum absolute atomic E-state index is 0.210. The van der Waals surface area contributed by atoms with Gasteiger partial charge in [-0.2, -0.15) is 39.6 Å². The molecule has 2 unspecified atom stereocenters. The normalized spacial score (nSPS) is 14.7. The van der Waals surface area contributed by atoms with Gasteiger partial charge in [0.05, 0.1) is 24.0 Å². The topological polar surface area (TPSA) is 103 Å². The Morgan fingerprint density at radius 3 is 2.27 bits per heavy atom. The molecule has 2 aromatic heterocycles. The Balaban J connectivity index is 2.03. The first-order valence-corrected chi connectivity index (χ1v) is 6.43. The summed E-state index contributed by atoms with van der Waals surface area (Å²) in [7, 11) is 0. The van der Waals surface area contributed by atoms with E-state index in [1.165, 1.54) is 6.20 Å². The molecule has 0 aliphatic carbocycles. The van der Waals surface area contributed by atoms with Crippen molar-refractivity contribution in [2.45, 2.75) is 17.9 Å². The van der Waals surface area contributed by atoms with Gasteiger partial charge in [-0.15, -0.1) is 0 Å². The van der Waals surface area contributed by atoms with E-state index in [0.29, 0.717) is 5.56 Å². The Bertz CT molecular complexity index is 701. The number of nitrogens with one attached hydrogen (secondary N) is 2. The molecule has 2 heterocycles. The summed E-state index contributed by atoms with van der Waals surface area (Å²) in [6, 6.07) is 8.43. The van der Waals surface area contributed by atoms with Gasteiger partial charge in [-0.3, -0.25) is 0 Å². The number of aromatic amines is 2. The molecule has 1 aromatic carbocycles. The zero-order chi connectivity index (χ0) is 15.6. The Morgan fingerprint density at radius 2 is 1.68 bits per heavy atom. The lowest BCUT2D eigenvalue weighted by Gasteiger charge is -2.27. The van der Waals surface area contributed by atoms with Crippen LogP contribution in [0.15, 0.2) is 42.7 Å². The molecule has 22 heavy (non-hydrogen) atoms. The van der Waals surface area contributed by atoms with E-state index < -0.39 is 23.6 Å². The van der Waals surface area contributed by atoms with Crippen LogP contribution in [0.4, 0.5) is 8.78 Å². The molecule has 114 valence electrons. The van der Waals surface area contributed by atoms with Gasteiger partial charge in [0, 0.05) is 0 Å². The number of H-pyrrole nitrogens is 2. The second-order valence-corrected chi connectivity index (χ2v) is 4.71. The van der Waals surface area contributed by atoms with Gasteiger partial charge in [-0.1, -0.05) is 30.3 Å². The summed E-state index contributed by atoms with van der Waals surface area (Å²) in [5.41, 5.74) is 0.0679. The number of benzene rings is 1. The summed E-state index contributed by atoms with van der Waals surface area (Å²) in [5.74, 6) is -4.67. The van der Waals surface area contributed by atoms with E-state index in [0.717, 1.165) is 6.20 Å². The maximum absolute atomic E-state index is 14.5. The van der Waals surface area contributed by atoms with Crippen LogP contribution in [0.3, 0.4) is 0 Å². The molecule has 2 atom stereocenters. The SMILES string of the molecule is OC(C(c1ccccc1)c1cn[nH]n1)C(F)(F)c1cn[nH]n1. The first-order valence-electron chi connectivity index (χ1n) is 6.43. The van der Waals surface area contributed by atoms with Crippen LogP contribution in [0.2, 0.25) is 0 Å². The molecule has 0 bridgehead atoms. The minimum atomic E-state index is -3.60. The van der Waals surface area contributed by atoms with Crippen molar-refractivity contribution in [1.29, 1.82) is 0 Å². The molecule has 0 aliphatic heterocycles. The first kappa shape index (κ1) is 14.3. The fourth-order valence-corrected chi connectivity index (χ4v) is 2.26. The van der Waals surface area contributed by atoms with Crippen molar-refractivity contribution in [3.63, 3.8) is 0 Å². The lowest BCUT2D eigenvalue weighted by Crippen LogP contribution is -2.37. The van der Waals surface area contributed by atoms with Crippen LogP contribution in [-0.4, -0.2) is 42.0 Å². The highest BCUT2D eigenvalue weighted by atomic mass is 19.3. The third-order valence-electron chi connectivity index (χ3n) is 3.35. The fourth-order valence-electron chi connectivity index (χ4n) is 2.26. The number of aliphatic hydroxyl groups excluding tert-OH is 1. The van der Waals surface area contributed by atoms with Gasteiger partial charge in [-0.25, -0.2) is 0 Å². The molecule has 0 fully saturated rings. The number of alkyl halides is 2. The third-order valence-corrected chi connectivity index (χ3v) is 3.35. The number of rotatable bonds is 5. The Hall–Kier alpha value is -2.68. The standard InChI is InChI=1S/C13H12F2N6O/c14-13(15,10-7-17-21-19-10)12(22)11(9-6-16-20-18-9)8-4-2-1-3-5-8/h1-7,11-12,22H,(H,16,18,20)(H,17,19,21). The average Bonchev–Trinajstić information content (AvgIpc) is 3.22. The average molecular weight is 306 g/mol. The van der Waals surface area contributed by atoms with Crippen molar-refractivity contribution < 1.29 is 13.9 Å². The Labute approximate surface area is 123 Å². The molecule has 0 amide bonds. The van der Waals surface area contributed by atoms with Crippen LogP contribution < -0.4 is 0 Å². The molecular formula is C13H12F2N6O. The summed E-state index contributed by atoms with van der Waals surface area (Å²) in [5, 5.41) is 29.0. The van der Waals surface area contributed by atoms with Crippen molar-refractivity contribution in [1.82, 2.24) is 30.8 Å². The number of aromatic nitrogens is 6. The van der Waals surface area contributed by atoms with Crippen LogP contribution >= 0.6 is 0 Å². The molecule has 7 nitrogen and oxygen atoms in total. The summed E-state index contributed by atoms with van der Waals surface area (Å²) < 4.78 is 29.0. The minimum Gasteiger partial charge on any atom is -0.385 e. The Morgan fingerprint density at radius 1 is 1.00 bits per heavy atom. The van der Waals surface area contributed by atoms with E-state index in [1.807, 2.05) is 0 Å². The van der Waals surface area contributed by atoms with E-state index in [9.17, 15) is 13.9 Å². The molecule has 0 saturated carbocycles. The molecule has 3 N–H and O–H groups in total. The van der Waals surface area contributed by atoms with Crippen LogP contribution in [0.25, 0.3) is 0 Å². The molecule has 0 spiro atoms. The number of halogens is 2. The molecule has 0 aliphatic rings. The van der Waals surface area contributed by atoms with Gasteiger partial charge in [0.15, 0.2) is 5.69 Å². The van der Waals surface area contributed by atoms with E-state index >= 15 is 0 Å². The number of hydrogen-bond acceptors (Lipinski definition) is 5. The van der Waals surface area contributed by atoms with Crippen molar-refractivity contribution in [2.24, 2.45) is 0 Å².